The number of carbonyl (C=O) groups is 2. The molecule has 0 bridgehead atoms. The average molecular weight is 776 g/mol. The fraction of sp³-hybridized carbons (Fsp3) is 0.636. The van der Waals surface area contributed by atoms with Crippen LogP contribution in [0.4, 0.5) is 0 Å². The first-order chi connectivity index (χ1) is 26.3. The molecule has 2 unspecified atom stereocenters. The summed E-state index contributed by atoms with van der Waals surface area (Å²) in [4.78, 5) is 34.8. The Kier molecular flexibility index (Phi) is 37.8. The van der Waals surface area contributed by atoms with Crippen LogP contribution in [0, 0.1) is 0 Å². The van der Waals surface area contributed by atoms with Crippen molar-refractivity contribution in [3.63, 3.8) is 0 Å². The van der Waals surface area contributed by atoms with Crippen molar-refractivity contribution in [3.05, 3.63) is 85.1 Å². The van der Waals surface area contributed by atoms with Gasteiger partial charge in [0.2, 0.25) is 0 Å². The second-order valence-corrected chi connectivity index (χ2v) is 14.6. The van der Waals surface area contributed by atoms with Crippen molar-refractivity contribution in [3.8, 4) is 0 Å². The van der Waals surface area contributed by atoms with Gasteiger partial charge < -0.3 is 20.1 Å². The summed E-state index contributed by atoms with van der Waals surface area (Å²) in [5, 5.41) is 0. The van der Waals surface area contributed by atoms with Gasteiger partial charge in [0.1, 0.15) is 6.61 Å². The van der Waals surface area contributed by atoms with Crippen LogP contribution >= 0.6 is 7.82 Å². The molecule has 3 N–H and O–H groups in total. The normalized spacial score (nSPS) is 14.2. The summed E-state index contributed by atoms with van der Waals surface area (Å²) >= 11 is 0. The van der Waals surface area contributed by atoms with E-state index in [-0.39, 0.29) is 32.6 Å². The lowest BCUT2D eigenvalue weighted by Crippen LogP contribution is -2.29. The van der Waals surface area contributed by atoms with E-state index in [0.29, 0.717) is 12.8 Å². The van der Waals surface area contributed by atoms with Gasteiger partial charge in [-0.05, 0) is 70.6 Å². The summed E-state index contributed by atoms with van der Waals surface area (Å²) in [6.07, 6.45) is 49.0. The van der Waals surface area contributed by atoms with Gasteiger partial charge in [-0.3, -0.25) is 18.6 Å². The molecule has 0 saturated carbocycles. The zero-order valence-corrected chi connectivity index (χ0v) is 34.6. The van der Waals surface area contributed by atoms with E-state index in [1.807, 2.05) is 18.2 Å². The van der Waals surface area contributed by atoms with Crippen molar-refractivity contribution >= 4 is 19.8 Å². The third-order valence-corrected chi connectivity index (χ3v) is 9.07. The zero-order valence-electron chi connectivity index (χ0n) is 33.7. The number of carbonyl (C=O) groups excluding carboxylic acids is 2. The Balaban J connectivity index is 4.21. The van der Waals surface area contributed by atoms with E-state index in [1.165, 1.54) is 19.3 Å². The fourth-order valence-corrected chi connectivity index (χ4v) is 5.86. The molecular weight excluding hydrogens is 701 g/mol. The third-order valence-electron chi connectivity index (χ3n) is 8.09. The maximum Gasteiger partial charge on any atom is 0.472 e. The quantitative estimate of drug-likeness (QED) is 0.0208. The van der Waals surface area contributed by atoms with E-state index >= 15 is 0 Å². The second-order valence-electron chi connectivity index (χ2n) is 13.2. The SMILES string of the molecule is CC/C=C/C=C/C=C/CCCCCCCC(=O)OC(COC(=O)CCCCCCCCC/C=C/C/C=C/C/C=C/C/C=C/CC)COP(=O)(O)OCCN. The van der Waals surface area contributed by atoms with Gasteiger partial charge in [-0.25, -0.2) is 4.57 Å². The lowest BCUT2D eigenvalue weighted by atomic mass is 10.1. The molecule has 0 aliphatic heterocycles. The van der Waals surface area contributed by atoms with Crippen LogP contribution in [0.2, 0.25) is 0 Å². The molecule has 0 radical (unpaired) electrons. The molecule has 0 aromatic carbocycles. The Bertz CT molecular complexity index is 1160. The Morgan fingerprint density at radius 3 is 1.63 bits per heavy atom. The molecule has 0 spiro atoms. The lowest BCUT2D eigenvalue weighted by Gasteiger charge is -2.19. The van der Waals surface area contributed by atoms with E-state index < -0.39 is 32.5 Å². The molecule has 0 amide bonds. The van der Waals surface area contributed by atoms with Crippen molar-refractivity contribution in [1.29, 1.82) is 0 Å². The molecule has 9 nitrogen and oxygen atoms in total. The Hall–Kier alpha value is -2.81. The number of unbranched alkanes of at least 4 members (excludes halogenated alkanes) is 12. The summed E-state index contributed by atoms with van der Waals surface area (Å²) in [5.74, 6) is -0.875. The molecule has 308 valence electrons. The van der Waals surface area contributed by atoms with Crippen LogP contribution in [0.1, 0.15) is 149 Å². The molecule has 0 aliphatic carbocycles. The van der Waals surface area contributed by atoms with Crippen molar-refractivity contribution in [1.82, 2.24) is 0 Å². The molecule has 10 heteroatoms. The topological polar surface area (TPSA) is 134 Å². The highest BCUT2D eigenvalue weighted by Crippen LogP contribution is 2.43. The lowest BCUT2D eigenvalue weighted by molar-refractivity contribution is -0.161. The van der Waals surface area contributed by atoms with E-state index in [9.17, 15) is 19.0 Å². The first-order valence-corrected chi connectivity index (χ1v) is 22.1. The summed E-state index contributed by atoms with van der Waals surface area (Å²) in [5.41, 5.74) is 5.34. The number of allylic oxidation sites excluding steroid dienone is 14. The summed E-state index contributed by atoms with van der Waals surface area (Å²) in [6.45, 7) is 3.42. The molecule has 0 saturated heterocycles. The van der Waals surface area contributed by atoms with Crippen LogP contribution in [0.15, 0.2) is 85.1 Å². The fourth-order valence-electron chi connectivity index (χ4n) is 5.09. The van der Waals surface area contributed by atoms with Crippen LogP contribution in [0.3, 0.4) is 0 Å². The van der Waals surface area contributed by atoms with Crippen molar-refractivity contribution in [2.75, 3.05) is 26.4 Å². The summed E-state index contributed by atoms with van der Waals surface area (Å²) < 4.78 is 32.7. The van der Waals surface area contributed by atoms with Crippen LogP contribution in [-0.2, 0) is 32.7 Å². The van der Waals surface area contributed by atoms with Crippen molar-refractivity contribution in [2.45, 2.75) is 155 Å². The number of nitrogens with two attached hydrogens (primary N) is 1. The highest BCUT2D eigenvalue weighted by Gasteiger charge is 2.25. The van der Waals surface area contributed by atoms with Gasteiger partial charge in [0, 0.05) is 19.4 Å². The second kappa shape index (κ2) is 39.9. The van der Waals surface area contributed by atoms with Gasteiger partial charge in [0.05, 0.1) is 13.2 Å². The molecule has 0 aliphatic rings. The van der Waals surface area contributed by atoms with E-state index in [2.05, 4.69) is 80.7 Å². The largest absolute Gasteiger partial charge is 0.472 e. The summed E-state index contributed by atoms with van der Waals surface area (Å²) in [6, 6.07) is 0. The number of phosphoric acid groups is 1. The molecular formula is C44H74NO8P. The van der Waals surface area contributed by atoms with E-state index in [4.69, 9.17) is 24.3 Å². The van der Waals surface area contributed by atoms with Gasteiger partial charge in [-0.1, -0.05) is 150 Å². The highest BCUT2D eigenvalue weighted by atomic mass is 31.2. The predicted octanol–water partition coefficient (Wildman–Crippen LogP) is 11.7. The smallest absolute Gasteiger partial charge is 0.462 e. The Morgan fingerprint density at radius 1 is 0.574 bits per heavy atom. The minimum absolute atomic E-state index is 0.0433. The van der Waals surface area contributed by atoms with E-state index in [1.54, 1.807) is 0 Å². The number of rotatable bonds is 37. The number of hydrogen-bond acceptors (Lipinski definition) is 8. The Labute approximate surface area is 328 Å². The van der Waals surface area contributed by atoms with E-state index in [0.717, 1.165) is 89.9 Å². The van der Waals surface area contributed by atoms with Crippen molar-refractivity contribution < 1.29 is 37.6 Å². The number of esters is 2. The van der Waals surface area contributed by atoms with Gasteiger partial charge in [-0.15, -0.1) is 0 Å². The maximum absolute atomic E-state index is 12.5. The molecule has 0 aromatic rings. The third kappa shape index (κ3) is 38.9. The number of ether oxygens (including phenoxy) is 2. The van der Waals surface area contributed by atoms with Gasteiger partial charge >= 0.3 is 19.8 Å². The summed E-state index contributed by atoms with van der Waals surface area (Å²) in [7, 11) is -4.39. The maximum atomic E-state index is 12.5. The molecule has 0 fully saturated rings. The van der Waals surface area contributed by atoms with Gasteiger partial charge in [-0.2, -0.15) is 0 Å². The average Bonchev–Trinajstić information content (AvgIpc) is 3.16. The minimum atomic E-state index is -4.39. The van der Waals surface area contributed by atoms with Crippen LogP contribution in [0.25, 0.3) is 0 Å². The van der Waals surface area contributed by atoms with Crippen LogP contribution < -0.4 is 5.73 Å². The molecule has 2 atom stereocenters. The predicted molar refractivity (Wildman–Crippen MR) is 224 cm³/mol. The molecule has 0 heterocycles. The van der Waals surface area contributed by atoms with Crippen LogP contribution in [0.5, 0.6) is 0 Å². The highest BCUT2D eigenvalue weighted by molar-refractivity contribution is 7.47. The number of hydrogen-bond donors (Lipinski definition) is 2. The number of phosphoric ester groups is 1. The van der Waals surface area contributed by atoms with Crippen LogP contribution in [-0.4, -0.2) is 49.3 Å². The zero-order chi connectivity index (χ0) is 39.6. The Morgan fingerprint density at radius 2 is 1.06 bits per heavy atom. The minimum Gasteiger partial charge on any atom is -0.462 e. The monoisotopic (exact) mass is 776 g/mol. The first kappa shape index (κ1) is 51.2. The molecule has 54 heavy (non-hydrogen) atoms. The standard InChI is InChI=1S/C44H74NO8P/c1-3-5-7-9-11-13-15-17-18-19-20-21-22-23-25-26-28-30-32-34-36-43(46)50-40-42(41-52-54(48,49)51-39-38-45)53-44(47)37-35-33-31-29-27-24-16-14-12-10-8-6-4-2/h5-8,10-14,16-18,20-21,42H,3-4,9,15,19,22-41,45H2,1-2H3,(H,48,49)/b7-5+,8-6+,12-10+,13-11+,16-14+,18-17+,21-20+. The molecule has 0 rings (SSSR count). The molecule has 0 aromatic heterocycles. The first-order valence-electron chi connectivity index (χ1n) is 20.6. The van der Waals surface area contributed by atoms with Crippen molar-refractivity contribution in [2.24, 2.45) is 5.73 Å². The van der Waals surface area contributed by atoms with Gasteiger partial charge in [0.15, 0.2) is 6.10 Å². The van der Waals surface area contributed by atoms with Gasteiger partial charge in [0.25, 0.3) is 0 Å².